The topological polar surface area (TPSA) is 117 Å². The summed E-state index contributed by atoms with van der Waals surface area (Å²) in [6.45, 7) is 3.76. The Morgan fingerprint density at radius 2 is 1.73 bits per heavy atom. The summed E-state index contributed by atoms with van der Waals surface area (Å²) < 4.78 is 38.6. The van der Waals surface area contributed by atoms with Crippen molar-refractivity contribution >= 4 is 38.2 Å². The van der Waals surface area contributed by atoms with E-state index >= 15 is 0 Å². The fourth-order valence-corrected chi connectivity index (χ4v) is 5.57. The van der Waals surface area contributed by atoms with Crippen LogP contribution in [-0.4, -0.2) is 81.4 Å². The number of morpholine rings is 2. The molecule has 3 aromatic rings. The summed E-state index contributed by atoms with van der Waals surface area (Å²) in [5.74, 6) is -0.347. The number of sulfonamides is 1. The van der Waals surface area contributed by atoms with E-state index in [0.29, 0.717) is 69.4 Å². The van der Waals surface area contributed by atoms with Crippen LogP contribution in [0.25, 0.3) is 10.9 Å². The Balaban J connectivity index is 1.52. The summed E-state index contributed by atoms with van der Waals surface area (Å²) in [6.07, 6.45) is 1.65. The second-order valence-corrected chi connectivity index (χ2v) is 9.83. The highest BCUT2D eigenvalue weighted by atomic mass is 32.2. The van der Waals surface area contributed by atoms with Gasteiger partial charge in [-0.3, -0.25) is 9.89 Å². The second-order valence-electron chi connectivity index (χ2n) is 7.89. The van der Waals surface area contributed by atoms with Crippen molar-refractivity contribution in [2.24, 2.45) is 0 Å². The molecule has 2 fully saturated rings. The quantitative estimate of drug-likeness (QED) is 0.581. The van der Waals surface area contributed by atoms with Crippen molar-refractivity contribution in [2.45, 2.75) is 4.90 Å². The van der Waals surface area contributed by atoms with Gasteiger partial charge in [-0.15, -0.1) is 0 Å². The average molecular weight is 472 g/mol. The number of anilines is 2. The van der Waals surface area contributed by atoms with Gasteiger partial charge in [-0.2, -0.15) is 9.40 Å². The van der Waals surface area contributed by atoms with Crippen LogP contribution in [-0.2, 0) is 19.5 Å². The van der Waals surface area contributed by atoms with Crippen molar-refractivity contribution in [1.82, 2.24) is 14.5 Å². The number of para-hydroxylation sites is 1. The molecule has 2 N–H and O–H groups in total. The minimum Gasteiger partial charge on any atom is -0.379 e. The average Bonchev–Trinajstić information content (AvgIpc) is 3.34. The van der Waals surface area contributed by atoms with E-state index in [4.69, 9.17) is 9.47 Å². The molecule has 11 heteroatoms. The highest BCUT2D eigenvalue weighted by molar-refractivity contribution is 7.89. The van der Waals surface area contributed by atoms with E-state index in [1.54, 1.807) is 36.5 Å². The van der Waals surface area contributed by atoms with Gasteiger partial charge in [0, 0.05) is 31.6 Å². The third-order valence-corrected chi connectivity index (χ3v) is 7.79. The SMILES string of the molecule is O=C(Nc1cc(S(=O)(=O)N2CCOCC2)ccc1N1CCOCC1)c1cccc2cn[nH]c12. The number of amides is 1. The molecule has 10 nitrogen and oxygen atoms in total. The van der Waals surface area contributed by atoms with E-state index < -0.39 is 10.0 Å². The molecule has 33 heavy (non-hydrogen) atoms. The molecule has 1 amide bonds. The van der Waals surface area contributed by atoms with Crippen molar-refractivity contribution in [1.29, 1.82) is 0 Å². The molecule has 0 radical (unpaired) electrons. The summed E-state index contributed by atoms with van der Waals surface area (Å²) in [5.41, 5.74) is 2.25. The van der Waals surface area contributed by atoms with Crippen LogP contribution in [0.2, 0.25) is 0 Å². The van der Waals surface area contributed by atoms with E-state index in [-0.39, 0.29) is 10.8 Å². The first-order chi connectivity index (χ1) is 16.0. The monoisotopic (exact) mass is 471 g/mol. The summed E-state index contributed by atoms with van der Waals surface area (Å²) in [4.78, 5) is 15.5. The van der Waals surface area contributed by atoms with Crippen LogP contribution in [0.5, 0.6) is 0 Å². The van der Waals surface area contributed by atoms with Crippen molar-refractivity contribution in [3.05, 3.63) is 48.2 Å². The maximum absolute atomic E-state index is 13.2. The van der Waals surface area contributed by atoms with Gasteiger partial charge in [-0.05, 0) is 24.3 Å². The molecule has 2 saturated heterocycles. The molecule has 0 bridgehead atoms. The van der Waals surface area contributed by atoms with Gasteiger partial charge >= 0.3 is 0 Å². The van der Waals surface area contributed by atoms with Crippen molar-refractivity contribution in [3.8, 4) is 0 Å². The molecule has 0 atom stereocenters. The number of ether oxygens (including phenoxy) is 2. The molecular formula is C22H25N5O5S. The molecule has 0 aliphatic carbocycles. The number of fused-ring (bicyclic) bond motifs is 1. The largest absolute Gasteiger partial charge is 0.379 e. The van der Waals surface area contributed by atoms with Gasteiger partial charge in [0.25, 0.3) is 5.91 Å². The van der Waals surface area contributed by atoms with Gasteiger partial charge in [-0.1, -0.05) is 12.1 Å². The normalized spacial score (nSPS) is 17.9. The highest BCUT2D eigenvalue weighted by Gasteiger charge is 2.28. The molecule has 0 saturated carbocycles. The molecule has 2 aliphatic heterocycles. The molecule has 3 heterocycles. The summed E-state index contributed by atoms with van der Waals surface area (Å²) >= 11 is 0. The van der Waals surface area contributed by atoms with E-state index in [9.17, 15) is 13.2 Å². The van der Waals surface area contributed by atoms with Gasteiger partial charge < -0.3 is 19.7 Å². The first-order valence-electron chi connectivity index (χ1n) is 10.8. The zero-order chi connectivity index (χ0) is 22.8. The zero-order valence-corrected chi connectivity index (χ0v) is 18.8. The molecule has 0 unspecified atom stereocenters. The number of hydrogen-bond donors (Lipinski definition) is 2. The van der Waals surface area contributed by atoms with Crippen LogP contribution in [0.3, 0.4) is 0 Å². The van der Waals surface area contributed by atoms with Crippen LogP contribution >= 0.6 is 0 Å². The number of carbonyl (C=O) groups is 1. The van der Waals surface area contributed by atoms with Gasteiger partial charge in [0.05, 0.1) is 60.0 Å². The molecule has 5 rings (SSSR count). The second kappa shape index (κ2) is 9.10. The maximum Gasteiger partial charge on any atom is 0.257 e. The lowest BCUT2D eigenvalue weighted by atomic mass is 10.1. The fraction of sp³-hybridized carbons (Fsp3) is 0.364. The van der Waals surface area contributed by atoms with Gasteiger partial charge in [0.1, 0.15) is 0 Å². The number of carbonyl (C=O) groups excluding carboxylic acids is 1. The Hall–Kier alpha value is -2.99. The predicted octanol–water partition coefficient (Wildman–Crippen LogP) is 1.67. The number of nitrogens with zero attached hydrogens (tertiary/aromatic N) is 3. The summed E-state index contributed by atoms with van der Waals surface area (Å²) in [7, 11) is -3.72. The van der Waals surface area contributed by atoms with E-state index in [1.165, 1.54) is 4.31 Å². The number of nitrogens with one attached hydrogen (secondary N) is 2. The first kappa shape index (κ1) is 21.8. The number of benzene rings is 2. The zero-order valence-electron chi connectivity index (χ0n) is 18.0. The van der Waals surface area contributed by atoms with E-state index in [1.807, 2.05) is 6.07 Å². The number of H-pyrrole nitrogens is 1. The van der Waals surface area contributed by atoms with E-state index in [0.717, 1.165) is 11.1 Å². The van der Waals surface area contributed by atoms with Crippen LogP contribution in [0.1, 0.15) is 10.4 Å². The molecule has 2 aliphatic rings. The Morgan fingerprint density at radius 1 is 1.00 bits per heavy atom. The van der Waals surface area contributed by atoms with Gasteiger partial charge in [-0.25, -0.2) is 8.42 Å². The fourth-order valence-electron chi connectivity index (χ4n) is 4.14. The number of hydrogen-bond acceptors (Lipinski definition) is 7. The van der Waals surface area contributed by atoms with Crippen molar-refractivity contribution < 1.29 is 22.7 Å². The number of aromatic amines is 1. The van der Waals surface area contributed by atoms with Crippen LogP contribution in [0.4, 0.5) is 11.4 Å². The predicted molar refractivity (Wildman–Crippen MR) is 123 cm³/mol. The molecule has 1 aromatic heterocycles. The van der Waals surface area contributed by atoms with Crippen molar-refractivity contribution in [3.63, 3.8) is 0 Å². The standard InChI is InChI=1S/C22H25N5O5S/c28-22(18-3-1-2-16-15-23-25-21(16)18)24-19-14-17(33(29,30)27-8-12-32-13-9-27)4-5-20(19)26-6-10-31-11-7-26/h1-5,14-15H,6-13H2,(H,23,25)(H,24,28). The minimum absolute atomic E-state index is 0.136. The Kier molecular flexibility index (Phi) is 6.02. The van der Waals surface area contributed by atoms with E-state index in [2.05, 4.69) is 20.4 Å². The molecule has 2 aromatic carbocycles. The highest BCUT2D eigenvalue weighted by Crippen LogP contribution is 2.32. The Morgan fingerprint density at radius 3 is 2.48 bits per heavy atom. The third-order valence-electron chi connectivity index (χ3n) is 5.90. The molecular weight excluding hydrogens is 446 g/mol. The number of aromatic nitrogens is 2. The lowest BCUT2D eigenvalue weighted by molar-refractivity contribution is 0.0730. The van der Waals surface area contributed by atoms with Crippen LogP contribution < -0.4 is 10.2 Å². The maximum atomic E-state index is 13.2. The lowest BCUT2D eigenvalue weighted by Crippen LogP contribution is -2.40. The van der Waals surface area contributed by atoms with Gasteiger partial charge in [0.15, 0.2) is 0 Å². The van der Waals surface area contributed by atoms with Crippen molar-refractivity contribution in [2.75, 3.05) is 62.8 Å². The summed E-state index contributed by atoms with van der Waals surface area (Å²) in [6, 6.07) is 10.3. The Labute approximate surface area is 191 Å². The molecule has 0 spiro atoms. The number of rotatable bonds is 5. The lowest BCUT2D eigenvalue weighted by Gasteiger charge is -2.31. The minimum atomic E-state index is -3.72. The smallest absolute Gasteiger partial charge is 0.257 e. The van der Waals surface area contributed by atoms with Crippen LogP contribution in [0.15, 0.2) is 47.5 Å². The third kappa shape index (κ3) is 4.32. The summed E-state index contributed by atoms with van der Waals surface area (Å²) in [5, 5.41) is 10.6. The Bertz CT molecular complexity index is 1260. The van der Waals surface area contributed by atoms with Gasteiger partial charge in [0.2, 0.25) is 10.0 Å². The van der Waals surface area contributed by atoms with Crippen LogP contribution in [0, 0.1) is 0 Å². The first-order valence-corrected chi connectivity index (χ1v) is 12.3. The molecule has 174 valence electrons.